The van der Waals surface area contributed by atoms with Gasteiger partial charge in [0.1, 0.15) is 6.04 Å². The first-order valence-corrected chi connectivity index (χ1v) is 7.04. The zero-order chi connectivity index (χ0) is 14.4. The summed E-state index contributed by atoms with van der Waals surface area (Å²) in [5.74, 6) is -0.145. The lowest BCUT2D eigenvalue weighted by molar-refractivity contribution is -0.123. The fourth-order valence-electron chi connectivity index (χ4n) is 1.91. The van der Waals surface area contributed by atoms with Crippen molar-refractivity contribution in [2.45, 2.75) is 37.8 Å². The minimum absolute atomic E-state index is 0.0640. The summed E-state index contributed by atoms with van der Waals surface area (Å²) in [5.41, 5.74) is 6.65. The number of amides is 2. The average molecular weight is 275 g/mol. The molecular formula is C15H21N3O2. The quantitative estimate of drug-likeness (QED) is 0.645. The molecule has 1 aliphatic carbocycles. The van der Waals surface area contributed by atoms with Crippen LogP contribution in [0, 0.1) is 0 Å². The molecule has 0 heterocycles. The molecule has 1 aromatic carbocycles. The van der Waals surface area contributed by atoms with Gasteiger partial charge in [0.15, 0.2) is 0 Å². The van der Waals surface area contributed by atoms with Crippen molar-refractivity contribution in [1.82, 2.24) is 10.6 Å². The van der Waals surface area contributed by atoms with Gasteiger partial charge in [0.2, 0.25) is 11.8 Å². The molecule has 5 nitrogen and oxygen atoms in total. The van der Waals surface area contributed by atoms with Crippen LogP contribution in [0.4, 0.5) is 0 Å². The van der Waals surface area contributed by atoms with Crippen molar-refractivity contribution >= 4 is 11.8 Å². The van der Waals surface area contributed by atoms with Gasteiger partial charge in [0.25, 0.3) is 0 Å². The number of carbonyl (C=O) groups is 2. The van der Waals surface area contributed by atoms with Gasteiger partial charge in [-0.2, -0.15) is 0 Å². The molecule has 108 valence electrons. The van der Waals surface area contributed by atoms with E-state index in [0.717, 1.165) is 18.4 Å². The molecule has 4 N–H and O–H groups in total. The molecule has 1 saturated carbocycles. The Morgan fingerprint density at radius 1 is 1.25 bits per heavy atom. The first kappa shape index (κ1) is 14.5. The van der Waals surface area contributed by atoms with Crippen molar-refractivity contribution in [2.24, 2.45) is 5.73 Å². The molecular weight excluding hydrogens is 254 g/mol. The number of hydrogen-bond acceptors (Lipinski definition) is 3. The van der Waals surface area contributed by atoms with Gasteiger partial charge in [-0.15, -0.1) is 0 Å². The first-order valence-electron chi connectivity index (χ1n) is 7.04. The van der Waals surface area contributed by atoms with Crippen LogP contribution in [0.2, 0.25) is 0 Å². The summed E-state index contributed by atoms with van der Waals surface area (Å²) in [6, 6.07) is 8.97. The Morgan fingerprint density at radius 2 is 1.95 bits per heavy atom. The molecule has 0 radical (unpaired) electrons. The summed E-state index contributed by atoms with van der Waals surface area (Å²) in [5, 5.41) is 5.68. The van der Waals surface area contributed by atoms with Gasteiger partial charge in [-0.05, 0) is 24.8 Å². The molecule has 20 heavy (non-hydrogen) atoms. The van der Waals surface area contributed by atoms with Gasteiger partial charge in [-0.25, -0.2) is 0 Å². The molecule has 0 bridgehead atoms. The molecule has 0 aliphatic heterocycles. The van der Waals surface area contributed by atoms with Crippen LogP contribution in [0.15, 0.2) is 30.3 Å². The molecule has 1 aromatic rings. The Labute approximate surface area is 118 Å². The van der Waals surface area contributed by atoms with E-state index < -0.39 is 6.04 Å². The number of nitrogens with one attached hydrogen (secondary N) is 2. The Kier molecular flexibility index (Phi) is 5.12. The smallest absolute Gasteiger partial charge is 0.241 e. The standard InChI is InChI=1S/C15H21N3O2/c16-14(11-5-2-1-3-6-11)15(20)17-10-4-7-13(19)18-12-8-9-12/h1-3,5-6,12,14H,4,7-10,16H2,(H,17,20)(H,18,19). The zero-order valence-electron chi connectivity index (χ0n) is 11.5. The van der Waals surface area contributed by atoms with Gasteiger partial charge in [0, 0.05) is 19.0 Å². The summed E-state index contributed by atoms with van der Waals surface area (Å²) in [6.45, 7) is 0.470. The predicted molar refractivity (Wildman–Crippen MR) is 76.8 cm³/mol. The molecule has 2 rings (SSSR count). The highest BCUT2D eigenvalue weighted by Crippen LogP contribution is 2.18. The molecule has 1 atom stereocenters. The Balaban J connectivity index is 1.63. The molecule has 1 unspecified atom stereocenters. The highest BCUT2D eigenvalue weighted by molar-refractivity contribution is 5.83. The van der Waals surface area contributed by atoms with Crippen LogP contribution in [-0.4, -0.2) is 24.4 Å². The van der Waals surface area contributed by atoms with E-state index in [1.807, 2.05) is 30.3 Å². The van der Waals surface area contributed by atoms with E-state index in [9.17, 15) is 9.59 Å². The number of hydrogen-bond donors (Lipinski definition) is 3. The summed E-state index contributed by atoms with van der Waals surface area (Å²) in [4.78, 5) is 23.3. The third-order valence-electron chi connectivity index (χ3n) is 3.26. The molecule has 0 spiro atoms. The summed E-state index contributed by atoms with van der Waals surface area (Å²) < 4.78 is 0. The van der Waals surface area contributed by atoms with Gasteiger partial charge < -0.3 is 16.4 Å². The number of carbonyl (C=O) groups excluding carboxylic acids is 2. The van der Waals surface area contributed by atoms with E-state index in [1.165, 1.54) is 0 Å². The second-order valence-corrected chi connectivity index (χ2v) is 5.12. The SMILES string of the molecule is NC(C(=O)NCCCC(=O)NC1CC1)c1ccccc1. The zero-order valence-corrected chi connectivity index (χ0v) is 11.5. The van der Waals surface area contributed by atoms with Crippen LogP contribution in [0.25, 0.3) is 0 Å². The van der Waals surface area contributed by atoms with Crippen molar-refractivity contribution in [3.63, 3.8) is 0 Å². The summed E-state index contributed by atoms with van der Waals surface area (Å²) in [6.07, 6.45) is 3.26. The normalized spacial score (nSPS) is 15.4. The maximum Gasteiger partial charge on any atom is 0.241 e. The lowest BCUT2D eigenvalue weighted by atomic mass is 10.1. The van der Waals surface area contributed by atoms with Gasteiger partial charge in [-0.1, -0.05) is 30.3 Å². The van der Waals surface area contributed by atoms with Gasteiger partial charge in [0.05, 0.1) is 0 Å². The molecule has 1 fully saturated rings. The minimum Gasteiger partial charge on any atom is -0.354 e. The van der Waals surface area contributed by atoms with Crippen molar-refractivity contribution in [1.29, 1.82) is 0 Å². The third-order valence-corrected chi connectivity index (χ3v) is 3.26. The highest BCUT2D eigenvalue weighted by atomic mass is 16.2. The van der Waals surface area contributed by atoms with Crippen LogP contribution in [0.1, 0.15) is 37.3 Å². The molecule has 0 saturated heterocycles. The van der Waals surface area contributed by atoms with Crippen LogP contribution >= 0.6 is 0 Å². The molecule has 1 aliphatic rings. The number of benzene rings is 1. The lowest BCUT2D eigenvalue weighted by Crippen LogP contribution is -2.35. The van der Waals surface area contributed by atoms with E-state index >= 15 is 0 Å². The van der Waals surface area contributed by atoms with E-state index in [1.54, 1.807) is 0 Å². The van der Waals surface area contributed by atoms with Crippen LogP contribution in [-0.2, 0) is 9.59 Å². The Morgan fingerprint density at radius 3 is 2.60 bits per heavy atom. The van der Waals surface area contributed by atoms with Crippen LogP contribution in [0.5, 0.6) is 0 Å². The Hall–Kier alpha value is -1.88. The van der Waals surface area contributed by atoms with Crippen molar-refractivity contribution < 1.29 is 9.59 Å². The average Bonchev–Trinajstić information content (AvgIpc) is 3.27. The summed E-state index contributed by atoms with van der Waals surface area (Å²) >= 11 is 0. The molecule has 2 amide bonds. The third kappa shape index (κ3) is 4.66. The Bertz CT molecular complexity index is 457. The topological polar surface area (TPSA) is 84.2 Å². The predicted octanol–water partition coefficient (Wildman–Crippen LogP) is 0.861. The second kappa shape index (κ2) is 7.05. The molecule has 5 heteroatoms. The minimum atomic E-state index is -0.656. The molecule has 0 aromatic heterocycles. The van der Waals surface area contributed by atoms with Crippen molar-refractivity contribution in [2.75, 3.05) is 6.54 Å². The van der Waals surface area contributed by atoms with E-state index in [2.05, 4.69) is 10.6 Å². The van der Waals surface area contributed by atoms with E-state index in [0.29, 0.717) is 25.4 Å². The number of rotatable bonds is 7. The largest absolute Gasteiger partial charge is 0.354 e. The lowest BCUT2D eigenvalue weighted by Gasteiger charge is -2.12. The number of nitrogens with two attached hydrogens (primary N) is 1. The first-order chi connectivity index (χ1) is 9.66. The van der Waals surface area contributed by atoms with Crippen LogP contribution in [0.3, 0.4) is 0 Å². The van der Waals surface area contributed by atoms with E-state index in [-0.39, 0.29) is 11.8 Å². The van der Waals surface area contributed by atoms with Crippen molar-refractivity contribution in [3.05, 3.63) is 35.9 Å². The summed E-state index contributed by atoms with van der Waals surface area (Å²) in [7, 11) is 0. The monoisotopic (exact) mass is 275 g/mol. The van der Waals surface area contributed by atoms with Crippen LogP contribution < -0.4 is 16.4 Å². The van der Waals surface area contributed by atoms with Crippen molar-refractivity contribution in [3.8, 4) is 0 Å². The highest BCUT2D eigenvalue weighted by Gasteiger charge is 2.22. The fraction of sp³-hybridized carbons (Fsp3) is 0.467. The van der Waals surface area contributed by atoms with E-state index in [4.69, 9.17) is 5.73 Å². The van der Waals surface area contributed by atoms with Gasteiger partial charge in [-0.3, -0.25) is 9.59 Å². The maximum absolute atomic E-state index is 11.8. The van der Waals surface area contributed by atoms with Gasteiger partial charge >= 0.3 is 0 Å². The fourth-order valence-corrected chi connectivity index (χ4v) is 1.91. The second-order valence-electron chi connectivity index (χ2n) is 5.12. The maximum atomic E-state index is 11.8.